The zero-order valence-corrected chi connectivity index (χ0v) is 11.3. The summed E-state index contributed by atoms with van der Waals surface area (Å²) in [7, 11) is 0. The quantitative estimate of drug-likeness (QED) is 0.783. The summed E-state index contributed by atoms with van der Waals surface area (Å²) in [5.74, 6) is 0.306. The smallest absolute Gasteiger partial charge is 0.396 e. The molecule has 0 saturated heterocycles. The van der Waals surface area contributed by atoms with Crippen LogP contribution in [0.15, 0.2) is 24.3 Å². The molecule has 0 heterocycles. The molecule has 1 saturated carbocycles. The molecule has 2 amide bonds. The van der Waals surface area contributed by atoms with Crippen molar-refractivity contribution in [2.45, 2.75) is 31.5 Å². The standard InChI is InChI=1S/C14H17F3N2O2/c15-14(16,17)10-3-1-2-4-12(10)19-13(21)18-11(7-8-20)9-5-6-9/h1-4,9,11,20H,5-8H2,(H2,18,19,21)/t11-/m0/s1. The minimum absolute atomic E-state index is 0.0689. The zero-order chi connectivity index (χ0) is 15.5. The Morgan fingerprint density at radius 2 is 2.00 bits per heavy atom. The van der Waals surface area contributed by atoms with Gasteiger partial charge in [-0.2, -0.15) is 13.2 Å². The van der Waals surface area contributed by atoms with Crippen LogP contribution in [-0.4, -0.2) is 23.8 Å². The first kappa shape index (κ1) is 15.6. The number of aliphatic hydroxyl groups is 1. The van der Waals surface area contributed by atoms with Crippen LogP contribution in [0.4, 0.5) is 23.7 Å². The molecule has 0 aliphatic heterocycles. The molecule has 2 rings (SSSR count). The van der Waals surface area contributed by atoms with Crippen molar-refractivity contribution in [3.05, 3.63) is 29.8 Å². The van der Waals surface area contributed by atoms with E-state index in [1.165, 1.54) is 18.2 Å². The number of aliphatic hydroxyl groups excluding tert-OH is 1. The Hall–Kier alpha value is -1.76. The maximum Gasteiger partial charge on any atom is 0.418 e. The van der Waals surface area contributed by atoms with E-state index in [1.807, 2.05) is 0 Å². The Balaban J connectivity index is 2.02. The van der Waals surface area contributed by atoms with Crippen LogP contribution in [0.1, 0.15) is 24.8 Å². The molecular formula is C14H17F3N2O2. The normalized spacial score (nSPS) is 16.4. The predicted molar refractivity (Wildman–Crippen MR) is 71.8 cm³/mol. The van der Waals surface area contributed by atoms with Crippen LogP contribution in [-0.2, 0) is 6.18 Å². The number of amides is 2. The monoisotopic (exact) mass is 302 g/mol. The van der Waals surface area contributed by atoms with Crippen molar-refractivity contribution in [2.24, 2.45) is 5.92 Å². The summed E-state index contributed by atoms with van der Waals surface area (Å²) in [6.07, 6.45) is -2.20. The van der Waals surface area contributed by atoms with Gasteiger partial charge in [0, 0.05) is 12.6 Å². The van der Waals surface area contributed by atoms with Crippen molar-refractivity contribution in [1.29, 1.82) is 0 Å². The lowest BCUT2D eigenvalue weighted by atomic mass is 10.1. The second-order valence-electron chi connectivity index (χ2n) is 5.10. The Morgan fingerprint density at radius 1 is 1.33 bits per heavy atom. The predicted octanol–water partition coefficient (Wildman–Crippen LogP) is 2.99. The van der Waals surface area contributed by atoms with Crippen molar-refractivity contribution in [3.63, 3.8) is 0 Å². The van der Waals surface area contributed by atoms with Gasteiger partial charge in [0.05, 0.1) is 11.3 Å². The van der Waals surface area contributed by atoms with E-state index >= 15 is 0 Å². The van der Waals surface area contributed by atoms with Crippen molar-refractivity contribution in [2.75, 3.05) is 11.9 Å². The topological polar surface area (TPSA) is 61.4 Å². The third-order valence-corrected chi connectivity index (χ3v) is 3.43. The number of rotatable bonds is 5. The van der Waals surface area contributed by atoms with E-state index in [4.69, 9.17) is 5.11 Å². The maximum absolute atomic E-state index is 12.8. The summed E-state index contributed by atoms with van der Waals surface area (Å²) in [5.41, 5.74) is -1.16. The number of hydrogen-bond acceptors (Lipinski definition) is 2. The molecule has 3 N–H and O–H groups in total. The molecule has 1 aliphatic carbocycles. The summed E-state index contributed by atoms with van der Waals surface area (Å²) >= 11 is 0. The van der Waals surface area contributed by atoms with Gasteiger partial charge in [0.2, 0.25) is 0 Å². The second-order valence-corrected chi connectivity index (χ2v) is 5.10. The first-order valence-electron chi connectivity index (χ1n) is 6.76. The first-order chi connectivity index (χ1) is 9.91. The first-order valence-corrected chi connectivity index (χ1v) is 6.76. The molecule has 0 aromatic heterocycles. The fraction of sp³-hybridized carbons (Fsp3) is 0.500. The number of hydrogen-bond donors (Lipinski definition) is 3. The van der Waals surface area contributed by atoms with Gasteiger partial charge < -0.3 is 15.7 Å². The van der Waals surface area contributed by atoms with Gasteiger partial charge in [0.25, 0.3) is 0 Å². The van der Waals surface area contributed by atoms with Crippen molar-refractivity contribution in [1.82, 2.24) is 5.32 Å². The lowest BCUT2D eigenvalue weighted by Gasteiger charge is -2.19. The van der Waals surface area contributed by atoms with Gasteiger partial charge in [-0.3, -0.25) is 0 Å². The van der Waals surface area contributed by atoms with Gasteiger partial charge in [-0.1, -0.05) is 12.1 Å². The van der Waals surface area contributed by atoms with Crippen LogP contribution in [0.3, 0.4) is 0 Å². The summed E-state index contributed by atoms with van der Waals surface area (Å²) in [6, 6.07) is 3.94. The van der Waals surface area contributed by atoms with Crippen LogP contribution in [0.25, 0.3) is 0 Å². The molecule has 1 aromatic carbocycles. The summed E-state index contributed by atoms with van der Waals surface area (Å²) in [5, 5.41) is 13.8. The third-order valence-electron chi connectivity index (χ3n) is 3.43. The van der Waals surface area contributed by atoms with Gasteiger partial charge in [0.1, 0.15) is 0 Å². The summed E-state index contributed by atoms with van der Waals surface area (Å²) in [6.45, 7) is -0.0689. The lowest BCUT2D eigenvalue weighted by molar-refractivity contribution is -0.136. The van der Waals surface area contributed by atoms with Gasteiger partial charge in [-0.05, 0) is 37.3 Å². The molecule has 0 unspecified atom stereocenters. The van der Waals surface area contributed by atoms with E-state index < -0.39 is 17.8 Å². The largest absolute Gasteiger partial charge is 0.418 e. The highest BCUT2D eigenvalue weighted by molar-refractivity contribution is 5.90. The van der Waals surface area contributed by atoms with Crippen LogP contribution in [0.2, 0.25) is 0 Å². The molecular weight excluding hydrogens is 285 g/mol. The molecule has 7 heteroatoms. The lowest BCUT2D eigenvalue weighted by Crippen LogP contribution is -2.40. The minimum Gasteiger partial charge on any atom is -0.396 e. The molecule has 4 nitrogen and oxygen atoms in total. The number of urea groups is 1. The van der Waals surface area contributed by atoms with Gasteiger partial charge >= 0.3 is 12.2 Å². The average Bonchev–Trinajstić information content (AvgIpc) is 3.21. The highest BCUT2D eigenvalue weighted by Crippen LogP contribution is 2.35. The Bertz CT molecular complexity index is 501. The molecule has 21 heavy (non-hydrogen) atoms. The Labute approximate surface area is 120 Å². The van der Waals surface area contributed by atoms with Gasteiger partial charge in [0.15, 0.2) is 0 Å². The molecule has 1 fully saturated rings. The Morgan fingerprint density at radius 3 is 2.57 bits per heavy atom. The van der Waals surface area contributed by atoms with Crippen molar-refractivity contribution < 1.29 is 23.1 Å². The summed E-state index contributed by atoms with van der Waals surface area (Å²) in [4.78, 5) is 11.8. The Kier molecular flexibility index (Phi) is 4.72. The molecule has 0 spiro atoms. The number of carbonyl (C=O) groups excluding carboxylic acids is 1. The molecule has 1 aliphatic rings. The van der Waals surface area contributed by atoms with E-state index in [-0.39, 0.29) is 18.3 Å². The zero-order valence-electron chi connectivity index (χ0n) is 11.3. The van der Waals surface area contributed by atoms with Crippen molar-refractivity contribution in [3.8, 4) is 0 Å². The highest BCUT2D eigenvalue weighted by Gasteiger charge is 2.34. The fourth-order valence-corrected chi connectivity index (χ4v) is 2.23. The van der Waals surface area contributed by atoms with Crippen molar-refractivity contribution >= 4 is 11.7 Å². The number of para-hydroxylation sites is 1. The molecule has 0 bridgehead atoms. The van der Waals surface area contributed by atoms with E-state index in [2.05, 4.69) is 10.6 Å². The number of halogens is 3. The number of alkyl halides is 3. The van der Waals surface area contributed by atoms with E-state index in [0.29, 0.717) is 12.3 Å². The SMILES string of the molecule is O=C(Nc1ccccc1C(F)(F)F)N[C@@H](CCO)C1CC1. The van der Waals surface area contributed by atoms with Gasteiger partial charge in [-0.25, -0.2) is 4.79 Å². The van der Waals surface area contributed by atoms with Crippen LogP contribution >= 0.6 is 0 Å². The van der Waals surface area contributed by atoms with E-state index in [0.717, 1.165) is 18.9 Å². The minimum atomic E-state index is -4.52. The molecule has 0 radical (unpaired) electrons. The van der Waals surface area contributed by atoms with E-state index in [9.17, 15) is 18.0 Å². The fourth-order valence-electron chi connectivity index (χ4n) is 2.23. The number of nitrogens with one attached hydrogen (secondary N) is 2. The third kappa shape index (κ3) is 4.35. The molecule has 116 valence electrons. The highest BCUT2D eigenvalue weighted by atomic mass is 19.4. The number of anilines is 1. The molecule has 1 atom stereocenters. The van der Waals surface area contributed by atoms with Gasteiger partial charge in [-0.15, -0.1) is 0 Å². The number of carbonyl (C=O) groups is 1. The summed E-state index contributed by atoms with van der Waals surface area (Å²) < 4.78 is 38.4. The van der Waals surface area contributed by atoms with Crippen LogP contribution < -0.4 is 10.6 Å². The van der Waals surface area contributed by atoms with Crippen LogP contribution in [0, 0.1) is 5.92 Å². The molecule has 1 aromatic rings. The number of benzene rings is 1. The maximum atomic E-state index is 12.8. The van der Waals surface area contributed by atoms with E-state index in [1.54, 1.807) is 0 Å². The average molecular weight is 302 g/mol. The second kappa shape index (κ2) is 6.34. The van der Waals surface area contributed by atoms with Crippen LogP contribution in [0.5, 0.6) is 0 Å².